The molecule has 2 aromatic rings. The van der Waals surface area contributed by atoms with Gasteiger partial charge in [0, 0.05) is 24.0 Å². The number of aliphatic imine (C=N–C) groups is 1. The van der Waals surface area contributed by atoms with Crippen molar-refractivity contribution in [3.05, 3.63) is 64.2 Å². The predicted molar refractivity (Wildman–Crippen MR) is 146 cm³/mol. The van der Waals surface area contributed by atoms with Crippen molar-refractivity contribution >= 4 is 17.8 Å². The molecule has 1 aliphatic carbocycles. The maximum absolute atomic E-state index is 13.5. The molecule has 5 rings (SSSR count). The Hall–Kier alpha value is -3.39. The highest BCUT2D eigenvalue weighted by Gasteiger charge is 2.43. The van der Waals surface area contributed by atoms with Crippen LogP contribution in [0, 0.1) is 6.92 Å². The third-order valence-corrected chi connectivity index (χ3v) is 8.58. The topological polar surface area (TPSA) is 117 Å². The summed E-state index contributed by atoms with van der Waals surface area (Å²) in [5.74, 6) is 0.540. The van der Waals surface area contributed by atoms with Gasteiger partial charge in [-0.05, 0) is 55.5 Å². The largest absolute Gasteiger partial charge is 0.490 e. The molecule has 2 heterocycles. The number of aliphatic hydroxyl groups excluding tert-OH is 1. The summed E-state index contributed by atoms with van der Waals surface area (Å²) in [5.41, 5.74) is 10.3. The van der Waals surface area contributed by atoms with Crippen LogP contribution in [0.3, 0.4) is 0 Å². The van der Waals surface area contributed by atoms with E-state index in [-0.39, 0.29) is 29.9 Å². The molecule has 0 bridgehead atoms. The Morgan fingerprint density at radius 2 is 1.95 bits per heavy atom. The van der Waals surface area contributed by atoms with Crippen molar-refractivity contribution in [3.63, 3.8) is 0 Å². The number of amides is 2. The minimum absolute atomic E-state index is 0.0511. The summed E-state index contributed by atoms with van der Waals surface area (Å²) in [4.78, 5) is 33.3. The number of benzene rings is 2. The maximum atomic E-state index is 13.5. The minimum Gasteiger partial charge on any atom is -0.490 e. The van der Waals surface area contributed by atoms with E-state index in [9.17, 15) is 14.7 Å². The van der Waals surface area contributed by atoms with Gasteiger partial charge in [-0.3, -0.25) is 14.5 Å². The van der Waals surface area contributed by atoms with E-state index in [1.54, 1.807) is 23.1 Å². The van der Waals surface area contributed by atoms with E-state index in [2.05, 4.69) is 12.2 Å². The highest BCUT2D eigenvalue weighted by atomic mass is 16.5. The van der Waals surface area contributed by atoms with E-state index >= 15 is 0 Å². The van der Waals surface area contributed by atoms with E-state index in [4.69, 9.17) is 15.5 Å². The van der Waals surface area contributed by atoms with Gasteiger partial charge in [0.2, 0.25) is 5.91 Å². The summed E-state index contributed by atoms with van der Waals surface area (Å²) < 4.78 is 6.21. The molecule has 4 N–H and O–H groups in total. The fraction of sp³-hybridized carbons (Fsp3) is 0.500. The lowest BCUT2D eigenvalue weighted by molar-refractivity contribution is -0.132. The predicted octanol–water partition coefficient (Wildman–Crippen LogP) is 4.09. The SMILES string of the molecule is CCC1C[C@@H](N2C(=O)CC(CC)(CC)N=C2N)c2cc(C(=O)N[C@@H]3c4cc(C)ccc4C[C@H]3O)ccc2O1. The highest BCUT2D eigenvalue weighted by Crippen LogP contribution is 2.42. The van der Waals surface area contributed by atoms with Crippen LogP contribution in [0.15, 0.2) is 41.4 Å². The van der Waals surface area contributed by atoms with Crippen LogP contribution in [0.2, 0.25) is 0 Å². The second kappa shape index (κ2) is 10.1. The molecular formula is C30H38N4O4. The van der Waals surface area contributed by atoms with Crippen molar-refractivity contribution in [1.29, 1.82) is 0 Å². The summed E-state index contributed by atoms with van der Waals surface area (Å²) in [6, 6.07) is 10.5. The van der Waals surface area contributed by atoms with Crippen LogP contribution in [-0.4, -0.2) is 45.5 Å². The molecule has 0 fully saturated rings. The zero-order chi connectivity index (χ0) is 27.2. The first-order valence-corrected chi connectivity index (χ1v) is 13.7. The van der Waals surface area contributed by atoms with Gasteiger partial charge in [0.05, 0.1) is 30.1 Å². The molecule has 202 valence electrons. The number of aliphatic hydroxyl groups is 1. The van der Waals surface area contributed by atoms with Gasteiger partial charge in [-0.1, -0.05) is 44.5 Å². The number of carbonyl (C=O) groups is 2. The maximum Gasteiger partial charge on any atom is 0.251 e. The molecular weight excluding hydrogens is 480 g/mol. The number of hydrogen-bond donors (Lipinski definition) is 3. The van der Waals surface area contributed by atoms with Crippen LogP contribution in [0.1, 0.15) is 97.6 Å². The van der Waals surface area contributed by atoms with Crippen LogP contribution < -0.4 is 15.8 Å². The second-order valence-electron chi connectivity index (χ2n) is 10.9. The average Bonchev–Trinajstić information content (AvgIpc) is 3.21. The molecule has 8 nitrogen and oxygen atoms in total. The lowest BCUT2D eigenvalue weighted by Crippen LogP contribution is -2.53. The number of nitrogens with one attached hydrogen (secondary N) is 1. The monoisotopic (exact) mass is 518 g/mol. The quantitative estimate of drug-likeness (QED) is 0.533. The summed E-state index contributed by atoms with van der Waals surface area (Å²) >= 11 is 0. The molecule has 2 amide bonds. The molecule has 3 aliphatic rings. The molecule has 2 aliphatic heterocycles. The van der Waals surface area contributed by atoms with E-state index in [0.29, 0.717) is 30.6 Å². The van der Waals surface area contributed by atoms with Gasteiger partial charge in [0.25, 0.3) is 5.91 Å². The number of ether oxygens (including phenoxy) is 1. The molecule has 0 aromatic heterocycles. The molecule has 0 saturated heterocycles. The van der Waals surface area contributed by atoms with Crippen LogP contribution >= 0.6 is 0 Å². The second-order valence-corrected chi connectivity index (χ2v) is 10.9. The van der Waals surface area contributed by atoms with E-state index in [1.165, 1.54) is 0 Å². The first-order valence-electron chi connectivity index (χ1n) is 13.7. The van der Waals surface area contributed by atoms with Gasteiger partial charge in [0.1, 0.15) is 11.9 Å². The molecule has 38 heavy (non-hydrogen) atoms. The number of nitrogens with two attached hydrogens (primary N) is 1. The molecule has 0 radical (unpaired) electrons. The van der Waals surface area contributed by atoms with Crippen LogP contribution in [0.4, 0.5) is 0 Å². The lowest BCUT2D eigenvalue weighted by Gasteiger charge is -2.43. The van der Waals surface area contributed by atoms with Crippen molar-refractivity contribution < 1.29 is 19.4 Å². The van der Waals surface area contributed by atoms with Crippen LogP contribution in [-0.2, 0) is 11.2 Å². The van der Waals surface area contributed by atoms with Gasteiger partial charge in [0.15, 0.2) is 5.96 Å². The lowest BCUT2D eigenvalue weighted by atomic mass is 9.86. The van der Waals surface area contributed by atoms with Crippen molar-refractivity contribution in [2.45, 2.75) is 96.1 Å². The average molecular weight is 519 g/mol. The molecule has 2 aromatic carbocycles. The van der Waals surface area contributed by atoms with E-state index < -0.39 is 17.7 Å². The fourth-order valence-corrected chi connectivity index (χ4v) is 6.12. The van der Waals surface area contributed by atoms with Crippen molar-refractivity contribution in [2.24, 2.45) is 10.7 Å². The standard InChI is InChI=1S/C30H38N4O4/c1-5-20-15-23(34-26(36)16-30(6-2,7-3)33-29(34)31)22-13-19(10-11-25(22)38-20)28(37)32-27-21-12-17(4)8-9-18(21)14-24(27)35/h8-13,20,23-24,27,35H,5-7,14-16H2,1-4H3,(H2,31,33)(H,32,37)/t20?,23-,24-,27-/m1/s1. The smallest absolute Gasteiger partial charge is 0.251 e. The Bertz CT molecular complexity index is 1290. The van der Waals surface area contributed by atoms with Gasteiger partial charge in [-0.25, -0.2) is 4.99 Å². The van der Waals surface area contributed by atoms with E-state index in [1.807, 2.05) is 39.0 Å². The summed E-state index contributed by atoms with van der Waals surface area (Å²) in [6.45, 7) is 8.12. The third-order valence-electron chi connectivity index (χ3n) is 8.58. The summed E-state index contributed by atoms with van der Waals surface area (Å²) in [6.07, 6.45) is 2.88. The number of nitrogens with zero attached hydrogens (tertiary/aromatic N) is 2. The minimum atomic E-state index is -0.686. The van der Waals surface area contributed by atoms with Gasteiger partial charge in [-0.15, -0.1) is 0 Å². The Balaban J connectivity index is 1.47. The number of carbonyl (C=O) groups excluding carboxylic acids is 2. The van der Waals surface area contributed by atoms with Gasteiger partial charge < -0.3 is 20.9 Å². The first-order chi connectivity index (χ1) is 18.2. The summed E-state index contributed by atoms with van der Waals surface area (Å²) in [7, 11) is 0. The van der Waals surface area contributed by atoms with Gasteiger partial charge >= 0.3 is 0 Å². The third kappa shape index (κ3) is 4.55. The van der Waals surface area contributed by atoms with Crippen LogP contribution in [0.25, 0.3) is 0 Å². The van der Waals surface area contributed by atoms with Crippen molar-refractivity contribution in [3.8, 4) is 5.75 Å². The normalized spacial score (nSPS) is 25.8. The van der Waals surface area contributed by atoms with Gasteiger partial charge in [-0.2, -0.15) is 0 Å². The highest BCUT2D eigenvalue weighted by molar-refractivity contribution is 6.00. The number of guanidine groups is 1. The molecule has 0 spiro atoms. The Morgan fingerprint density at radius 3 is 2.63 bits per heavy atom. The number of fused-ring (bicyclic) bond motifs is 2. The number of rotatable bonds is 6. The molecule has 4 atom stereocenters. The molecule has 0 saturated carbocycles. The summed E-state index contributed by atoms with van der Waals surface area (Å²) in [5, 5.41) is 13.7. The van der Waals surface area contributed by atoms with E-state index in [0.717, 1.165) is 41.5 Å². The fourth-order valence-electron chi connectivity index (χ4n) is 6.12. The van der Waals surface area contributed by atoms with Crippen molar-refractivity contribution in [2.75, 3.05) is 0 Å². The zero-order valence-electron chi connectivity index (χ0n) is 22.7. The van der Waals surface area contributed by atoms with Crippen LogP contribution in [0.5, 0.6) is 5.75 Å². The number of hydrogen-bond acceptors (Lipinski definition) is 6. The first kappa shape index (κ1) is 26.2. The Labute approximate surface area is 224 Å². The number of aryl methyl sites for hydroxylation is 1. The zero-order valence-corrected chi connectivity index (χ0v) is 22.7. The molecule has 8 heteroatoms. The Morgan fingerprint density at radius 1 is 1.18 bits per heavy atom. The van der Waals surface area contributed by atoms with Crippen molar-refractivity contribution in [1.82, 2.24) is 10.2 Å². The molecule has 1 unspecified atom stereocenters. The Kier molecular flexibility index (Phi) is 6.94.